The third kappa shape index (κ3) is 3.94. The number of rotatable bonds is 5. The topological polar surface area (TPSA) is 71.6 Å². The lowest BCUT2D eigenvalue weighted by Crippen LogP contribution is -2.29. The Morgan fingerprint density at radius 3 is 3.04 bits per heavy atom. The fraction of sp³-hybridized carbons (Fsp3) is 0.556. The number of methoxy groups -OCH3 is 1. The number of likely N-dealkylation sites (tertiary alicyclic amines) is 1. The second-order valence-electron chi connectivity index (χ2n) is 6.48. The van der Waals surface area contributed by atoms with Crippen molar-refractivity contribution in [2.75, 3.05) is 26.8 Å². The molecular formula is C18H25N3O3. The Morgan fingerprint density at radius 2 is 2.25 bits per heavy atom. The van der Waals surface area contributed by atoms with Crippen molar-refractivity contribution < 1.29 is 14.4 Å². The van der Waals surface area contributed by atoms with Gasteiger partial charge in [0.1, 0.15) is 5.75 Å². The second-order valence-corrected chi connectivity index (χ2v) is 6.48. The Kier molecular flexibility index (Phi) is 5.48. The van der Waals surface area contributed by atoms with Gasteiger partial charge in [-0.15, -0.1) is 0 Å². The summed E-state index contributed by atoms with van der Waals surface area (Å²) in [6.45, 7) is 4.77. The first-order valence-corrected chi connectivity index (χ1v) is 8.50. The molecule has 6 nitrogen and oxygen atoms in total. The van der Waals surface area contributed by atoms with Crippen LogP contribution in [0.3, 0.4) is 0 Å². The molecule has 130 valence electrons. The van der Waals surface area contributed by atoms with E-state index in [-0.39, 0.29) is 6.61 Å². The molecule has 1 saturated heterocycles. The van der Waals surface area contributed by atoms with Crippen molar-refractivity contribution in [2.45, 2.75) is 32.7 Å². The fourth-order valence-electron chi connectivity index (χ4n) is 3.20. The van der Waals surface area contributed by atoms with Gasteiger partial charge in [0.15, 0.2) is 0 Å². The summed E-state index contributed by atoms with van der Waals surface area (Å²) in [6, 6.07) is 5.89. The molecule has 0 amide bonds. The first kappa shape index (κ1) is 16.9. The molecule has 1 aliphatic rings. The van der Waals surface area contributed by atoms with E-state index in [1.54, 1.807) is 7.11 Å². The third-order valence-corrected chi connectivity index (χ3v) is 4.60. The van der Waals surface area contributed by atoms with Gasteiger partial charge in [-0.1, -0.05) is 23.7 Å². The predicted molar refractivity (Wildman–Crippen MR) is 90.7 cm³/mol. The summed E-state index contributed by atoms with van der Waals surface area (Å²) in [4.78, 5) is 6.82. The molecule has 1 aromatic carbocycles. The Labute approximate surface area is 142 Å². The van der Waals surface area contributed by atoms with Crippen molar-refractivity contribution in [3.8, 4) is 17.1 Å². The maximum Gasteiger partial charge on any atom is 0.241 e. The summed E-state index contributed by atoms with van der Waals surface area (Å²) >= 11 is 0. The van der Waals surface area contributed by atoms with Gasteiger partial charge in [-0.05, 0) is 43.9 Å². The van der Waals surface area contributed by atoms with Crippen LogP contribution in [0.2, 0.25) is 0 Å². The molecule has 6 heteroatoms. The monoisotopic (exact) mass is 331 g/mol. The van der Waals surface area contributed by atoms with Crippen molar-refractivity contribution in [1.82, 2.24) is 15.0 Å². The molecule has 1 aromatic heterocycles. The smallest absolute Gasteiger partial charge is 0.241 e. The summed E-state index contributed by atoms with van der Waals surface area (Å²) in [6.07, 6.45) is 3.40. The van der Waals surface area contributed by atoms with Crippen LogP contribution in [0.4, 0.5) is 0 Å². The van der Waals surface area contributed by atoms with Crippen LogP contribution in [0.25, 0.3) is 11.4 Å². The first-order chi connectivity index (χ1) is 11.7. The van der Waals surface area contributed by atoms with Crippen molar-refractivity contribution in [3.63, 3.8) is 0 Å². The van der Waals surface area contributed by atoms with E-state index in [9.17, 15) is 5.11 Å². The molecule has 0 saturated carbocycles. The molecule has 24 heavy (non-hydrogen) atoms. The van der Waals surface area contributed by atoms with E-state index in [4.69, 9.17) is 9.26 Å². The number of nitrogens with zero attached hydrogens (tertiary/aromatic N) is 3. The van der Waals surface area contributed by atoms with E-state index in [2.05, 4.69) is 15.0 Å². The van der Waals surface area contributed by atoms with Gasteiger partial charge in [0.25, 0.3) is 0 Å². The van der Waals surface area contributed by atoms with Gasteiger partial charge in [-0.2, -0.15) is 4.98 Å². The zero-order valence-electron chi connectivity index (χ0n) is 14.4. The largest absolute Gasteiger partial charge is 0.496 e. The molecule has 0 bridgehead atoms. The summed E-state index contributed by atoms with van der Waals surface area (Å²) in [7, 11) is 1.66. The van der Waals surface area contributed by atoms with Crippen LogP contribution >= 0.6 is 0 Å². The molecule has 0 radical (unpaired) electrons. The highest BCUT2D eigenvalue weighted by atomic mass is 16.5. The van der Waals surface area contributed by atoms with Gasteiger partial charge in [-0.3, -0.25) is 4.90 Å². The zero-order valence-corrected chi connectivity index (χ0v) is 14.4. The van der Waals surface area contributed by atoms with Gasteiger partial charge in [0.2, 0.25) is 11.7 Å². The number of aryl methyl sites for hydroxylation is 1. The number of ether oxygens (including phenoxy) is 1. The Morgan fingerprint density at radius 1 is 1.38 bits per heavy atom. The second kappa shape index (κ2) is 7.77. The van der Waals surface area contributed by atoms with Crippen molar-refractivity contribution >= 4 is 0 Å². The molecule has 1 atom stereocenters. The lowest BCUT2D eigenvalue weighted by atomic mass is 10.1. The number of aromatic nitrogens is 2. The van der Waals surface area contributed by atoms with Crippen LogP contribution in [0.1, 0.15) is 30.7 Å². The normalized spacial score (nSPS) is 19.2. The highest BCUT2D eigenvalue weighted by Crippen LogP contribution is 2.25. The maximum absolute atomic E-state index is 9.43. The van der Waals surface area contributed by atoms with Gasteiger partial charge < -0.3 is 14.4 Å². The molecule has 1 unspecified atom stereocenters. The number of benzene rings is 1. The number of aliphatic hydroxyl groups is 1. The highest BCUT2D eigenvalue weighted by Gasteiger charge is 2.20. The van der Waals surface area contributed by atoms with Crippen molar-refractivity contribution in [2.24, 2.45) is 5.92 Å². The minimum absolute atomic E-state index is 0.245. The first-order valence-electron chi connectivity index (χ1n) is 8.50. The van der Waals surface area contributed by atoms with Crippen LogP contribution in [0.15, 0.2) is 22.7 Å². The van der Waals surface area contributed by atoms with Gasteiger partial charge >= 0.3 is 0 Å². The van der Waals surface area contributed by atoms with Crippen LogP contribution in [-0.2, 0) is 6.54 Å². The molecular weight excluding hydrogens is 306 g/mol. The van der Waals surface area contributed by atoms with E-state index in [0.29, 0.717) is 24.2 Å². The van der Waals surface area contributed by atoms with E-state index in [0.717, 1.165) is 42.8 Å². The molecule has 2 heterocycles. The van der Waals surface area contributed by atoms with Crippen LogP contribution in [-0.4, -0.2) is 47.0 Å². The zero-order chi connectivity index (χ0) is 16.9. The summed E-state index contributed by atoms with van der Waals surface area (Å²) in [5.41, 5.74) is 1.96. The molecule has 1 aliphatic heterocycles. The van der Waals surface area contributed by atoms with Crippen molar-refractivity contribution in [1.29, 1.82) is 0 Å². The average molecular weight is 331 g/mol. The summed E-state index contributed by atoms with van der Waals surface area (Å²) < 4.78 is 10.8. The SMILES string of the molecule is COc1cc(-c2noc(CN3CCCCC(CO)C3)n2)ccc1C. The average Bonchev–Trinajstić information content (AvgIpc) is 2.93. The predicted octanol–water partition coefficient (Wildman–Crippen LogP) is 2.65. The molecule has 1 N–H and O–H groups in total. The van der Waals surface area contributed by atoms with Gasteiger partial charge in [-0.25, -0.2) is 0 Å². The van der Waals surface area contributed by atoms with Crippen molar-refractivity contribution in [3.05, 3.63) is 29.7 Å². The molecule has 0 spiro atoms. The molecule has 2 aromatic rings. The number of aliphatic hydroxyl groups excluding tert-OH is 1. The molecule has 0 aliphatic carbocycles. The standard InChI is InChI=1S/C18H25N3O3/c1-13-6-7-15(9-16(13)23-2)18-19-17(24-20-18)11-21-8-4-3-5-14(10-21)12-22/h6-7,9,14,22H,3-5,8,10-12H2,1-2H3. The Bertz CT molecular complexity index is 671. The summed E-state index contributed by atoms with van der Waals surface area (Å²) in [5.74, 6) is 2.35. The quantitative estimate of drug-likeness (QED) is 0.908. The lowest BCUT2D eigenvalue weighted by Gasteiger charge is -2.21. The number of hydrogen-bond acceptors (Lipinski definition) is 6. The lowest BCUT2D eigenvalue weighted by molar-refractivity contribution is 0.159. The fourth-order valence-corrected chi connectivity index (χ4v) is 3.20. The van der Waals surface area contributed by atoms with E-state index in [1.807, 2.05) is 25.1 Å². The Hall–Kier alpha value is -1.92. The van der Waals surface area contributed by atoms with E-state index >= 15 is 0 Å². The number of hydrogen-bond donors (Lipinski definition) is 1. The van der Waals surface area contributed by atoms with E-state index < -0.39 is 0 Å². The minimum atomic E-state index is 0.245. The maximum atomic E-state index is 9.43. The highest BCUT2D eigenvalue weighted by molar-refractivity contribution is 5.58. The van der Waals surface area contributed by atoms with Crippen LogP contribution in [0.5, 0.6) is 5.75 Å². The molecule has 3 rings (SSSR count). The van der Waals surface area contributed by atoms with E-state index in [1.165, 1.54) is 6.42 Å². The van der Waals surface area contributed by atoms with Gasteiger partial charge in [0.05, 0.1) is 13.7 Å². The summed E-state index contributed by atoms with van der Waals surface area (Å²) in [5, 5.41) is 13.5. The van der Waals surface area contributed by atoms with Gasteiger partial charge in [0, 0.05) is 18.7 Å². The third-order valence-electron chi connectivity index (χ3n) is 4.60. The Balaban J connectivity index is 1.71. The minimum Gasteiger partial charge on any atom is -0.496 e. The van der Waals surface area contributed by atoms with Crippen LogP contribution in [0, 0.1) is 12.8 Å². The van der Waals surface area contributed by atoms with Crippen LogP contribution < -0.4 is 4.74 Å². The molecule has 1 fully saturated rings.